The average Bonchev–Trinajstić information content (AvgIpc) is 2.28. The number of fused-ring (bicyclic) bond motifs is 1. The van der Waals surface area contributed by atoms with Gasteiger partial charge in [0, 0.05) is 5.56 Å². The molecule has 0 bridgehead atoms. The Labute approximate surface area is 95.4 Å². The lowest BCUT2D eigenvalue weighted by Crippen LogP contribution is -1.93. The monoisotopic (exact) mass is 214 g/mol. The molecule has 0 radical (unpaired) electrons. The van der Waals surface area contributed by atoms with Crippen LogP contribution in [0, 0.1) is 5.82 Å². The highest BCUT2D eigenvalue weighted by molar-refractivity contribution is 5.93. The van der Waals surface area contributed by atoms with Crippen molar-refractivity contribution in [3.8, 4) is 0 Å². The van der Waals surface area contributed by atoms with E-state index in [1.54, 1.807) is 6.08 Å². The molecule has 0 amide bonds. The molecule has 2 aromatic carbocycles. The van der Waals surface area contributed by atoms with Gasteiger partial charge >= 0.3 is 0 Å². The molecule has 0 aliphatic carbocycles. The molecule has 0 aliphatic heterocycles. The maximum Gasteiger partial charge on any atom is 0.131 e. The second kappa shape index (κ2) is 4.09. The van der Waals surface area contributed by atoms with E-state index < -0.39 is 0 Å². The van der Waals surface area contributed by atoms with Crippen LogP contribution < -0.4 is 0 Å². The van der Waals surface area contributed by atoms with Crippen LogP contribution in [-0.2, 0) is 0 Å². The molecule has 1 heteroatoms. The number of halogens is 1. The number of hydrogen-bond donors (Lipinski definition) is 0. The van der Waals surface area contributed by atoms with E-state index in [9.17, 15) is 4.39 Å². The lowest BCUT2D eigenvalue weighted by atomic mass is 9.92. The molecule has 0 unspecified atom stereocenters. The van der Waals surface area contributed by atoms with E-state index in [2.05, 4.69) is 26.5 Å². The lowest BCUT2D eigenvalue weighted by Gasteiger charge is -2.12. The average molecular weight is 214 g/mol. The van der Waals surface area contributed by atoms with E-state index in [4.69, 9.17) is 0 Å². The molecule has 0 aromatic heterocycles. The summed E-state index contributed by atoms with van der Waals surface area (Å²) in [6, 6.07) is 9.41. The Balaban J connectivity index is 2.92. The van der Waals surface area contributed by atoms with Gasteiger partial charge < -0.3 is 0 Å². The standard InChI is InChI=1S/C15H15F/c1-4-12-14(16)9-8-11-6-5-7-13(10(2)3)15(11)12/h4-10H,1H2,2-3H3. The highest BCUT2D eigenvalue weighted by atomic mass is 19.1. The number of hydrogen-bond acceptors (Lipinski definition) is 0. The number of rotatable bonds is 2. The summed E-state index contributed by atoms with van der Waals surface area (Å²) in [7, 11) is 0. The normalized spacial score (nSPS) is 11.0. The highest BCUT2D eigenvalue weighted by Gasteiger charge is 2.10. The van der Waals surface area contributed by atoms with Crippen molar-refractivity contribution >= 4 is 16.8 Å². The van der Waals surface area contributed by atoms with Gasteiger partial charge in [-0.15, -0.1) is 0 Å². The maximum absolute atomic E-state index is 13.7. The molecule has 0 heterocycles. The van der Waals surface area contributed by atoms with E-state index >= 15 is 0 Å². The predicted molar refractivity (Wildman–Crippen MR) is 68.1 cm³/mol. The van der Waals surface area contributed by atoms with Gasteiger partial charge in [-0.2, -0.15) is 0 Å². The van der Waals surface area contributed by atoms with Crippen LogP contribution in [0.1, 0.15) is 30.9 Å². The van der Waals surface area contributed by atoms with Crippen molar-refractivity contribution in [2.75, 3.05) is 0 Å². The van der Waals surface area contributed by atoms with Crippen LogP contribution in [0.5, 0.6) is 0 Å². The Kier molecular flexibility index (Phi) is 2.78. The fraction of sp³-hybridized carbons (Fsp3) is 0.200. The predicted octanol–water partition coefficient (Wildman–Crippen LogP) is 4.75. The third kappa shape index (κ3) is 1.63. The van der Waals surface area contributed by atoms with Crippen molar-refractivity contribution in [1.82, 2.24) is 0 Å². The first-order chi connectivity index (χ1) is 7.65. The summed E-state index contributed by atoms with van der Waals surface area (Å²) in [5.74, 6) is 0.180. The van der Waals surface area contributed by atoms with Crippen LogP contribution in [0.3, 0.4) is 0 Å². The van der Waals surface area contributed by atoms with Crippen molar-refractivity contribution in [2.45, 2.75) is 19.8 Å². The van der Waals surface area contributed by atoms with Crippen molar-refractivity contribution in [1.29, 1.82) is 0 Å². The van der Waals surface area contributed by atoms with Crippen molar-refractivity contribution in [3.63, 3.8) is 0 Å². The van der Waals surface area contributed by atoms with Gasteiger partial charge in [-0.1, -0.05) is 50.8 Å². The zero-order chi connectivity index (χ0) is 11.7. The summed E-state index contributed by atoms with van der Waals surface area (Å²) in [4.78, 5) is 0. The molecule has 0 saturated carbocycles. The first-order valence-electron chi connectivity index (χ1n) is 5.48. The van der Waals surface area contributed by atoms with Crippen molar-refractivity contribution < 1.29 is 4.39 Å². The van der Waals surface area contributed by atoms with E-state index in [0.717, 1.165) is 10.8 Å². The third-order valence-corrected chi connectivity index (χ3v) is 2.89. The topological polar surface area (TPSA) is 0 Å². The van der Waals surface area contributed by atoms with Gasteiger partial charge in [-0.05, 0) is 28.3 Å². The summed E-state index contributed by atoms with van der Waals surface area (Å²) in [6.07, 6.45) is 1.60. The van der Waals surface area contributed by atoms with Gasteiger partial charge in [0.1, 0.15) is 5.82 Å². The summed E-state index contributed by atoms with van der Waals surface area (Å²) in [6.45, 7) is 7.94. The largest absolute Gasteiger partial charge is 0.206 e. The first kappa shape index (κ1) is 10.9. The Hall–Kier alpha value is -1.63. The Morgan fingerprint density at radius 3 is 2.56 bits per heavy atom. The lowest BCUT2D eigenvalue weighted by molar-refractivity contribution is 0.627. The summed E-state index contributed by atoms with van der Waals surface area (Å²) in [5, 5.41) is 2.06. The van der Waals surface area contributed by atoms with Gasteiger partial charge in [-0.3, -0.25) is 0 Å². The maximum atomic E-state index is 13.7. The van der Waals surface area contributed by atoms with Gasteiger partial charge in [0.15, 0.2) is 0 Å². The molecular weight excluding hydrogens is 199 g/mol. The molecule has 0 saturated heterocycles. The zero-order valence-electron chi connectivity index (χ0n) is 9.63. The second-order valence-electron chi connectivity index (χ2n) is 4.27. The molecule has 0 spiro atoms. The molecule has 0 atom stereocenters. The summed E-state index contributed by atoms with van der Waals surface area (Å²) in [5.41, 5.74) is 1.79. The highest BCUT2D eigenvalue weighted by Crippen LogP contribution is 2.30. The van der Waals surface area contributed by atoms with Gasteiger partial charge in [-0.25, -0.2) is 4.39 Å². The zero-order valence-corrected chi connectivity index (χ0v) is 9.63. The van der Waals surface area contributed by atoms with Crippen LogP contribution in [-0.4, -0.2) is 0 Å². The Morgan fingerprint density at radius 1 is 1.19 bits per heavy atom. The van der Waals surface area contributed by atoms with Crippen LogP contribution >= 0.6 is 0 Å². The fourth-order valence-electron chi connectivity index (χ4n) is 2.09. The smallest absolute Gasteiger partial charge is 0.131 e. The van der Waals surface area contributed by atoms with Gasteiger partial charge in [0.25, 0.3) is 0 Å². The summed E-state index contributed by atoms with van der Waals surface area (Å²) < 4.78 is 13.7. The van der Waals surface area contributed by atoms with E-state index in [1.165, 1.54) is 11.6 Å². The molecule has 0 nitrogen and oxygen atoms in total. The van der Waals surface area contributed by atoms with Gasteiger partial charge in [0.05, 0.1) is 0 Å². The van der Waals surface area contributed by atoms with E-state index in [-0.39, 0.29) is 5.82 Å². The quantitative estimate of drug-likeness (QED) is 0.677. The summed E-state index contributed by atoms with van der Waals surface area (Å²) >= 11 is 0. The Morgan fingerprint density at radius 2 is 1.94 bits per heavy atom. The Bertz CT molecular complexity index is 538. The minimum atomic E-state index is -0.199. The molecule has 0 fully saturated rings. The van der Waals surface area contributed by atoms with E-state index in [0.29, 0.717) is 11.5 Å². The molecule has 0 N–H and O–H groups in total. The fourth-order valence-corrected chi connectivity index (χ4v) is 2.09. The van der Waals surface area contributed by atoms with Crippen LogP contribution in [0.4, 0.5) is 4.39 Å². The molecule has 2 aromatic rings. The minimum Gasteiger partial charge on any atom is -0.206 e. The number of benzene rings is 2. The molecular formula is C15H15F. The van der Waals surface area contributed by atoms with Crippen molar-refractivity contribution in [2.24, 2.45) is 0 Å². The minimum absolute atomic E-state index is 0.199. The third-order valence-electron chi connectivity index (χ3n) is 2.89. The first-order valence-corrected chi connectivity index (χ1v) is 5.48. The van der Waals surface area contributed by atoms with Crippen LogP contribution in [0.25, 0.3) is 16.8 Å². The molecule has 16 heavy (non-hydrogen) atoms. The molecule has 0 aliphatic rings. The van der Waals surface area contributed by atoms with Crippen LogP contribution in [0.2, 0.25) is 0 Å². The SMILES string of the molecule is C=Cc1c(F)ccc2cccc(C(C)C)c12. The van der Waals surface area contributed by atoms with Gasteiger partial charge in [0.2, 0.25) is 0 Å². The van der Waals surface area contributed by atoms with E-state index in [1.807, 2.05) is 18.2 Å². The molecule has 2 rings (SSSR count). The second-order valence-corrected chi connectivity index (χ2v) is 4.27. The van der Waals surface area contributed by atoms with Crippen LogP contribution in [0.15, 0.2) is 36.9 Å². The van der Waals surface area contributed by atoms with Crippen molar-refractivity contribution in [3.05, 3.63) is 53.9 Å². The molecule has 82 valence electrons.